The number of ether oxygens (including phenoxy) is 2. The molecule has 0 bridgehead atoms. The predicted octanol–water partition coefficient (Wildman–Crippen LogP) is 0.432. The molecule has 1 amide bonds. The number of nitrogens with zero attached hydrogens (tertiary/aromatic N) is 1. The Kier molecular flexibility index (Phi) is 4.89. The van der Waals surface area contributed by atoms with Crippen LogP contribution in [0.5, 0.6) is 0 Å². The maximum absolute atomic E-state index is 12.2. The van der Waals surface area contributed by atoms with Gasteiger partial charge in [-0.05, 0) is 24.9 Å². The summed E-state index contributed by atoms with van der Waals surface area (Å²) in [6, 6.07) is -0.394. The molecular formula is C12H22N2O3S. The van der Waals surface area contributed by atoms with Crippen molar-refractivity contribution in [3.05, 3.63) is 0 Å². The highest BCUT2D eigenvalue weighted by molar-refractivity contribution is 7.98. The molecule has 2 N–H and O–H groups in total. The first kappa shape index (κ1) is 14.1. The molecule has 0 radical (unpaired) electrons. The molecule has 2 fully saturated rings. The fourth-order valence-electron chi connectivity index (χ4n) is 2.51. The van der Waals surface area contributed by atoms with Crippen LogP contribution < -0.4 is 5.73 Å². The molecule has 2 saturated heterocycles. The van der Waals surface area contributed by atoms with Crippen molar-refractivity contribution in [1.29, 1.82) is 0 Å². The Hall–Kier alpha value is -0.300. The summed E-state index contributed by atoms with van der Waals surface area (Å²) in [5, 5.41) is 0. The first-order valence-corrected chi connectivity index (χ1v) is 7.87. The minimum atomic E-state index is -0.548. The van der Waals surface area contributed by atoms with Crippen LogP contribution in [-0.2, 0) is 14.3 Å². The normalized spacial score (nSPS) is 24.4. The quantitative estimate of drug-likeness (QED) is 0.805. The number of hydrogen-bond acceptors (Lipinski definition) is 5. The third-order valence-corrected chi connectivity index (χ3v) is 4.14. The Morgan fingerprint density at radius 1 is 1.50 bits per heavy atom. The van der Waals surface area contributed by atoms with E-state index in [4.69, 9.17) is 15.2 Å². The smallest absolute Gasteiger partial charge is 0.239 e. The minimum Gasteiger partial charge on any atom is -0.346 e. The number of likely N-dealkylation sites (tertiary alicyclic amines) is 1. The van der Waals surface area contributed by atoms with Gasteiger partial charge >= 0.3 is 0 Å². The summed E-state index contributed by atoms with van der Waals surface area (Å²) < 4.78 is 11.3. The zero-order valence-corrected chi connectivity index (χ0v) is 11.7. The lowest BCUT2D eigenvalue weighted by Gasteiger charge is -2.39. The van der Waals surface area contributed by atoms with Crippen molar-refractivity contribution in [2.24, 2.45) is 5.73 Å². The molecule has 0 aromatic heterocycles. The number of thioether (sulfide) groups is 1. The topological polar surface area (TPSA) is 64.8 Å². The van der Waals surface area contributed by atoms with Crippen molar-refractivity contribution in [1.82, 2.24) is 4.90 Å². The second-order valence-corrected chi connectivity index (χ2v) is 5.84. The summed E-state index contributed by atoms with van der Waals surface area (Å²) in [4.78, 5) is 14.0. The molecule has 1 unspecified atom stereocenters. The highest BCUT2D eigenvalue weighted by atomic mass is 32.2. The molecule has 18 heavy (non-hydrogen) atoms. The first-order chi connectivity index (χ1) is 8.67. The van der Waals surface area contributed by atoms with E-state index in [2.05, 4.69) is 0 Å². The first-order valence-electron chi connectivity index (χ1n) is 6.48. The Bertz CT molecular complexity index is 295. The van der Waals surface area contributed by atoms with E-state index in [1.54, 1.807) is 16.7 Å². The van der Waals surface area contributed by atoms with E-state index in [0.717, 1.165) is 31.6 Å². The molecule has 2 rings (SSSR count). The van der Waals surface area contributed by atoms with Crippen LogP contribution in [0.25, 0.3) is 0 Å². The van der Waals surface area contributed by atoms with Gasteiger partial charge in [0.1, 0.15) is 0 Å². The average molecular weight is 274 g/mol. The predicted molar refractivity (Wildman–Crippen MR) is 71.4 cm³/mol. The van der Waals surface area contributed by atoms with Gasteiger partial charge in [0, 0.05) is 13.0 Å². The summed E-state index contributed by atoms with van der Waals surface area (Å²) in [7, 11) is 0. The van der Waals surface area contributed by atoms with Crippen molar-refractivity contribution in [3.8, 4) is 0 Å². The Morgan fingerprint density at radius 3 is 2.89 bits per heavy atom. The maximum Gasteiger partial charge on any atom is 0.239 e. The van der Waals surface area contributed by atoms with Gasteiger partial charge in [-0.15, -0.1) is 0 Å². The van der Waals surface area contributed by atoms with Crippen molar-refractivity contribution in [3.63, 3.8) is 0 Å². The molecule has 2 heterocycles. The van der Waals surface area contributed by atoms with Gasteiger partial charge in [-0.3, -0.25) is 4.79 Å². The van der Waals surface area contributed by atoms with E-state index in [-0.39, 0.29) is 5.91 Å². The average Bonchev–Trinajstić information content (AvgIpc) is 2.83. The lowest BCUT2D eigenvalue weighted by atomic mass is 10.0. The summed E-state index contributed by atoms with van der Waals surface area (Å²) in [6.45, 7) is 2.54. The largest absolute Gasteiger partial charge is 0.346 e. The standard InChI is InChI=1S/C12H22N2O3S/c1-18-8-3-10(13)11(15)14-5-2-4-12(9-14)16-6-7-17-12/h10H,2-9,13H2,1H3. The van der Waals surface area contributed by atoms with Crippen LogP contribution in [0.3, 0.4) is 0 Å². The molecule has 2 aliphatic rings. The number of carbonyl (C=O) groups excluding carboxylic acids is 1. The van der Waals surface area contributed by atoms with Crippen LogP contribution >= 0.6 is 11.8 Å². The third kappa shape index (κ3) is 3.17. The van der Waals surface area contributed by atoms with Gasteiger partial charge < -0.3 is 20.1 Å². The molecule has 0 saturated carbocycles. The second-order valence-electron chi connectivity index (χ2n) is 4.86. The molecule has 2 aliphatic heterocycles. The summed E-state index contributed by atoms with van der Waals surface area (Å²) >= 11 is 1.71. The van der Waals surface area contributed by atoms with Crippen LogP contribution in [-0.4, -0.2) is 60.9 Å². The molecule has 1 atom stereocenters. The van der Waals surface area contributed by atoms with E-state index in [1.807, 2.05) is 6.26 Å². The zero-order chi connectivity index (χ0) is 13.0. The molecule has 0 aliphatic carbocycles. The van der Waals surface area contributed by atoms with Crippen LogP contribution in [0.15, 0.2) is 0 Å². The van der Waals surface area contributed by atoms with Crippen molar-refractivity contribution >= 4 is 17.7 Å². The number of carbonyl (C=O) groups is 1. The highest BCUT2D eigenvalue weighted by Gasteiger charge is 2.42. The Morgan fingerprint density at radius 2 is 2.22 bits per heavy atom. The lowest BCUT2D eigenvalue weighted by Crippen LogP contribution is -2.54. The van der Waals surface area contributed by atoms with Crippen LogP contribution in [0.1, 0.15) is 19.3 Å². The van der Waals surface area contributed by atoms with Gasteiger partial charge in [0.2, 0.25) is 5.91 Å². The van der Waals surface area contributed by atoms with Crippen LogP contribution in [0.4, 0.5) is 0 Å². The fourth-order valence-corrected chi connectivity index (χ4v) is 3.00. The number of hydrogen-bond donors (Lipinski definition) is 1. The van der Waals surface area contributed by atoms with Gasteiger partial charge in [-0.1, -0.05) is 0 Å². The number of piperidine rings is 1. The molecule has 0 aromatic rings. The molecular weight excluding hydrogens is 252 g/mol. The van der Waals surface area contributed by atoms with E-state index in [9.17, 15) is 4.79 Å². The van der Waals surface area contributed by atoms with Crippen molar-refractivity contribution in [2.75, 3.05) is 38.3 Å². The summed E-state index contributed by atoms with van der Waals surface area (Å²) in [5.74, 6) is 0.397. The number of rotatable bonds is 4. The van der Waals surface area contributed by atoms with Crippen molar-refractivity contribution < 1.29 is 14.3 Å². The van der Waals surface area contributed by atoms with E-state index in [0.29, 0.717) is 19.8 Å². The van der Waals surface area contributed by atoms with Crippen LogP contribution in [0, 0.1) is 0 Å². The highest BCUT2D eigenvalue weighted by Crippen LogP contribution is 2.30. The lowest BCUT2D eigenvalue weighted by molar-refractivity contribution is -0.193. The molecule has 0 aromatic carbocycles. The van der Waals surface area contributed by atoms with Crippen LogP contribution in [0.2, 0.25) is 0 Å². The van der Waals surface area contributed by atoms with Gasteiger partial charge in [-0.2, -0.15) is 11.8 Å². The van der Waals surface area contributed by atoms with E-state index in [1.165, 1.54) is 0 Å². The summed E-state index contributed by atoms with van der Waals surface area (Å²) in [6.07, 6.45) is 4.54. The molecule has 5 nitrogen and oxygen atoms in total. The monoisotopic (exact) mass is 274 g/mol. The van der Waals surface area contributed by atoms with Gasteiger partial charge in [0.05, 0.1) is 25.8 Å². The SMILES string of the molecule is CSCCC(N)C(=O)N1CCCC2(C1)OCCO2. The Balaban J connectivity index is 1.89. The zero-order valence-electron chi connectivity index (χ0n) is 10.9. The third-order valence-electron chi connectivity index (χ3n) is 3.49. The minimum absolute atomic E-state index is 0.0298. The number of amides is 1. The maximum atomic E-state index is 12.2. The van der Waals surface area contributed by atoms with E-state index < -0.39 is 11.8 Å². The Labute approximate surface area is 112 Å². The van der Waals surface area contributed by atoms with Gasteiger partial charge in [-0.25, -0.2) is 0 Å². The van der Waals surface area contributed by atoms with Crippen molar-refractivity contribution in [2.45, 2.75) is 31.1 Å². The fraction of sp³-hybridized carbons (Fsp3) is 0.917. The number of nitrogens with two attached hydrogens (primary N) is 1. The molecule has 1 spiro atoms. The summed E-state index contributed by atoms with van der Waals surface area (Å²) in [5.41, 5.74) is 5.94. The van der Waals surface area contributed by atoms with Gasteiger partial charge in [0.15, 0.2) is 5.79 Å². The van der Waals surface area contributed by atoms with E-state index >= 15 is 0 Å². The molecule has 6 heteroatoms. The molecule has 104 valence electrons. The van der Waals surface area contributed by atoms with Gasteiger partial charge in [0.25, 0.3) is 0 Å². The second kappa shape index (κ2) is 6.23.